The largest absolute Gasteiger partial charge is 0.367 e. The normalized spacial score (nSPS) is 15.7. The average molecular weight is 283 g/mol. The molecule has 1 saturated carbocycles. The zero-order chi connectivity index (χ0) is 14.5. The molecule has 2 aromatic heterocycles. The van der Waals surface area contributed by atoms with E-state index in [2.05, 4.69) is 25.6 Å². The topological polar surface area (TPSA) is 62.7 Å². The second kappa shape index (κ2) is 6.52. The molecular formula is C16H21N5. The molecule has 1 aliphatic rings. The molecule has 0 aromatic carbocycles. The lowest BCUT2D eigenvalue weighted by Gasteiger charge is -2.23. The second-order valence-corrected chi connectivity index (χ2v) is 5.41. The van der Waals surface area contributed by atoms with E-state index in [0.717, 1.165) is 17.2 Å². The highest BCUT2D eigenvalue weighted by molar-refractivity contribution is 5.61. The van der Waals surface area contributed by atoms with Crippen LogP contribution in [0, 0.1) is 0 Å². The van der Waals surface area contributed by atoms with Gasteiger partial charge in [-0.1, -0.05) is 25.3 Å². The van der Waals surface area contributed by atoms with Crippen molar-refractivity contribution in [3.05, 3.63) is 30.5 Å². The highest BCUT2D eigenvalue weighted by atomic mass is 15.1. The van der Waals surface area contributed by atoms with Crippen molar-refractivity contribution in [1.82, 2.24) is 15.0 Å². The van der Waals surface area contributed by atoms with E-state index in [4.69, 9.17) is 0 Å². The molecule has 0 atom stereocenters. The summed E-state index contributed by atoms with van der Waals surface area (Å²) in [6.45, 7) is 0. The number of hydrogen-bond acceptors (Lipinski definition) is 5. The summed E-state index contributed by atoms with van der Waals surface area (Å²) in [4.78, 5) is 13.4. The Bertz CT molecular complexity index is 578. The number of rotatable bonds is 4. The Morgan fingerprint density at radius 3 is 2.62 bits per heavy atom. The number of hydrogen-bond donors (Lipinski definition) is 2. The van der Waals surface area contributed by atoms with Gasteiger partial charge in [-0.15, -0.1) is 0 Å². The summed E-state index contributed by atoms with van der Waals surface area (Å²) in [6.07, 6.45) is 8.17. The first-order chi connectivity index (χ1) is 10.3. The Morgan fingerprint density at radius 1 is 1.05 bits per heavy atom. The van der Waals surface area contributed by atoms with E-state index < -0.39 is 0 Å². The second-order valence-electron chi connectivity index (χ2n) is 5.41. The quantitative estimate of drug-likeness (QED) is 0.901. The van der Waals surface area contributed by atoms with Gasteiger partial charge < -0.3 is 10.6 Å². The van der Waals surface area contributed by atoms with Crippen LogP contribution in [-0.2, 0) is 0 Å². The number of aromatic nitrogens is 3. The average Bonchev–Trinajstić information content (AvgIpc) is 2.56. The van der Waals surface area contributed by atoms with Crippen molar-refractivity contribution < 1.29 is 0 Å². The van der Waals surface area contributed by atoms with Gasteiger partial charge in [0.15, 0.2) is 0 Å². The monoisotopic (exact) mass is 283 g/mol. The number of nitrogens with zero attached hydrogens (tertiary/aromatic N) is 3. The lowest BCUT2D eigenvalue weighted by molar-refractivity contribution is 0.462. The van der Waals surface area contributed by atoms with Crippen molar-refractivity contribution in [2.24, 2.45) is 0 Å². The Kier molecular flexibility index (Phi) is 4.28. The van der Waals surface area contributed by atoms with Crippen LogP contribution in [0.15, 0.2) is 30.5 Å². The first-order valence-electron chi connectivity index (χ1n) is 7.60. The summed E-state index contributed by atoms with van der Waals surface area (Å²) in [5, 5.41) is 6.57. The van der Waals surface area contributed by atoms with Crippen molar-refractivity contribution in [1.29, 1.82) is 0 Å². The van der Waals surface area contributed by atoms with Gasteiger partial charge in [-0.2, -0.15) is 4.98 Å². The molecule has 0 amide bonds. The van der Waals surface area contributed by atoms with E-state index in [1.165, 1.54) is 32.1 Å². The molecule has 3 rings (SSSR count). The van der Waals surface area contributed by atoms with Crippen LogP contribution in [0.3, 0.4) is 0 Å². The van der Waals surface area contributed by atoms with Crippen LogP contribution >= 0.6 is 0 Å². The van der Waals surface area contributed by atoms with E-state index in [1.807, 2.05) is 31.3 Å². The molecule has 110 valence electrons. The van der Waals surface area contributed by atoms with Gasteiger partial charge in [0.25, 0.3) is 0 Å². The molecule has 1 aliphatic carbocycles. The maximum absolute atomic E-state index is 4.51. The molecule has 0 spiro atoms. The maximum Gasteiger partial charge on any atom is 0.224 e. The van der Waals surface area contributed by atoms with Crippen LogP contribution < -0.4 is 10.6 Å². The standard InChI is InChI=1S/C16H21N5/c1-17-16-20-14(13-9-5-6-10-18-13)11-15(21-16)19-12-7-3-2-4-8-12/h5-6,9-12H,2-4,7-8H2,1H3,(H2,17,19,20,21). The van der Waals surface area contributed by atoms with Crippen LogP contribution in [0.5, 0.6) is 0 Å². The van der Waals surface area contributed by atoms with Gasteiger partial charge in [-0.25, -0.2) is 4.98 Å². The molecule has 2 N–H and O–H groups in total. The summed E-state index contributed by atoms with van der Waals surface area (Å²) in [5.41, 5.74) is 1.70. The minimum Gasteiger partial charge on any atom is -0.367 e. The van der Waals surface area contributed by atoms with Gasteiger partial charge >= 0.3 is 0 Å². The number of pyridine rings is 1. The highest BCUT2D eigenvalue weighted by Crippen LogP contribution is 2.24. The number of anilines is 2. The molecular weight excluding hydrogens is 262 g/mol. The van der Waals surface area contributed by atoms with Crippen LogP contribution in [0.25, 0.3) is 11.4 Å². The van der Waals surface area contributed by atoms with Gasteiger partial charge in [0, 0.05) is 25.4 Å². The Balaban J connectivity index is 1.86. The third kappa shape index (κ3) is 3.48. The maximum atomic E-state index is 4.51. The summed E-state index contributed by atoms with van der Waals surface area (Å²) in [7, 11) is 1.84. The molecule has 2 heterocycles. The van der Waals surface area contributed by atoms with Gasteiger partial charge in [-0.3, -0.25) is 4.98 Å². The van der Waals surface area contributed by atoms with Gasteiger partial charge in [-0.05, 0) is 25.0 Å². The zero-order valence-corrected chi connectivity index (χ0v) is 12.3. The van der Waals surface area contributed by atoms with Gasteiger partial charge in [0.1, 0.15) is 5.82 Å². The predicted octanol–water partition coefficient (Wildman–Crippen LogP) is 3.32. The molecule has 0 unspecified atom stereocenters. The predicted molar refractivity (Wildman–Crippen MR) is 85.3 cm³/mol. The van der Waals surface area contributed by atoms with Crippen molar-refractivity contribution in [3.8, 4) is 11.4 Å². The Hall–Kier alpha value is -2.17. The molecule has 21 heavy (non-hydrogen) atoms. The highest BCUT2D eigenvalue weighted by Gasteiger charge is 2.15. The lowest BCUT2D eigenvalue weighted by atomic mass is 9.95. The van der Waals surface area contributed by atoms with E-state index in [0.29, 0.717) is 12.0 Å². The lowest BCUT2D eigenvalue weighted by Crippen LogP contribution is -2.23. The van der Waals surface area contributed by atoms with Crippen LogP contribution in [0.4, 0.5) is 11.8 Å². The van der Waals surface area contributed by atoms with Crippen LogP contribution in [0.1, 0.15) is 32.1 Å². The summed E-state index contributed by atoms with van der Waals surface area (Å²) >= 11 is 0. The van der Waals surface area contributed by atoms with Gasteiger partial charge in [0.2, 0.25) is 5.95 Å². The molecule has 2 aromatic rings. The molecule has 5 nitrogen and oxygen atoms in total. The fourth-order valence-corrected chi connectivity index (χ4v) is 2.73. The SMILES string of the molecule is CNc1nc(NC2CCCCC2)cc(-c2ccccn2)n1. The fourth-order valence-electron chi connectivity index (χ4n) is 2.73. The molecule has 5 heteroatoms. The first-order valence-corrected chi connectivity index (χ1v) is 7.60. The smallest absolute Gasteiger partial charge is 0.224 e. The molecule has 1 fully saturated rings. The third-order valence-electron chi connectivity index (χ3n) is 3.83. The van der Waals surface area contributed by atoms with Crippen molar-refractivity contribution in [3.63, 3.8) is 0 Å². The Labute approximate surface area is 125 Å². The molecule has 0 aliphatic heterocycles. The van der Waals surface area contributed by atoms with Crippen molar-refractivity contribution in [2.45, 2.75) is 38.1 Å². The molecule has 0 saturated heterocycles. The summed E-state index contributed by atoms with van der Waals surface area (Å²) in [6, 6.07) is 8.35. The van der Waals surface area contributed by atoms with E-state index in [-0.39, 0.29) is 0 Å². The first kappa shape index (κ1) is 13.8. The molecule has 0 radical (unpaired) electrons. The minimum atomic E-state index is 0.523. The van der Waals surface area contributed by atoms with Gasteiger partial charge in [0.05, 0.1) is 11.4 Å². The van der Waals surface area contributed by atoms with E-state index >= 15 is 0 Å². The summed E-state index contributed by atoms with van der Waals surface area (Å²) < 4.78 is 0. The third-order valence-corrected chi connectivity index (χ3v) is 3.83. The van der Waals surface area contributed by atoms with E-state index in [9.17, 15) is 0 Å². The molecule has 0 bridgehead atoms. The fraction of sp³-hybridized carbons (Fsp3) is 0.438. The zero-order valence-electron chi connectivity index (χ0n) is 12.3. The van der Waals surface area contributed by atoms with E-state index in [1.54, 1.807) is 6.20 Å². The van der Waals surface area contributed by atoms with Crippen LogP contribution in [-0.4, -0.2) is 28.0 Å². The summed E-state index contributed by atoms with van der Waals surface area (Å²) in [5.74, 6) is 1.50. The minimum absolute atomic E-state index is 0.523. The van der Waals surface area contributed by atoms with Crippen molar-refractivity contribution >= 4 is 11.8 Å². The van der Waals surface area contributed by atoms with Crippen molar-refractivity contribution in [2.75, 3.05) is 17.7 Å². The number of nitrogens with one attached hydrogen (secondary N) is 2. The Morgan fingerprint density at radius 2 is 1.90 bits per heavy atom. The van der Waals surface area contributed by atoms with Crippen LogP contribution in [0.2, 0.25) is 0 Å².